The number of urea groups is 1. The maximum atomic E-state index is 11.8. The number of nitrogens with one attached hydrogen (secondary N) is 2. The monoisotopic (exact) mass is 278 g/mol. The lowest BCUT2D eigenvalue weighted by Gasteiger charge is -2.14. The number of nitrogens with two attached hydrogens (primary N) is 2. The van der Waals surface area contributed by atoms with Gasteiger partial charge in [0.05, 0.1) is 6.04 Å². The summed E-state index contributed by atoms with van der Waals surface area (Å²) < 4.78 is 0. The van der Waals surface area contributed by atoms with Crippen molar-refractivity contribution in [1.82, 2.24) is 5.32 Å². The van der Waals surface area contributed by atoms with Crippen LogP contribution in [0.5, 0.6) is 0 Å². The Kier molecular flexibility index (Phi) is 5.99. The summed E-state index contributed by atoms with van der Waals surface area (Å²) in [5, 5.41) is 5.26. The highest BCUT2D eigenvalue weighted by molar-refractivity contribution is 5.87. The van der Waals surface area contributed by atoms with Crippen molar-refractivity contribution < 1.29 is 9.59 Å². The molecule has 20 heavy (non-hydrogen) atoms. The molecule has 0 aromatic heterocycles. The maximum Gasteiger partial charge on any atom is 0.316 e. The van der Waals surface area contributed by atoms with Crippen LogP contribution >= 0.6 is 0 Å². The molecule has 1 aromatic carbocycles. The molecule has 110 valence electrons. The van der Waals surface area contributed by atoms with Gasteiger partial charge in [0.15, 0.2) is 0 Å². The Hall–Kier alpha value is -2.08. The second-order valence-corrected chi connectivity index (χ2v) is 5.14. The van der Waals surface area contributed by atoms with Crippen molar-refractivity contribution in [2.75, 3.05) is 5.32 Å². The second-order valence-electron chi connectivity index (χ2n) is 5.14. The smallest absolute Gasteiger partial charge is 0.316 e. The molecular formula is C14H22N4O2. The minimum atomic E-state index is -0.606. The number of anilines is 1. The van der Waals surface area contributed by atoms with Crippen LogP contribution in [0.25, 0.3) is 0 Å². The summed E-state index contributed by atoms with van der Waals surface area (Å²) in [6.07, 6.45) is 0.660. The fraction of sp³-hybridized carbons (Fsp3) is 0.429. The van der Waals surface area contributed by atoms with Crippen LogP contribution in [0.1, 0.15) is 25.8 Å². The molecule has 1 rings (SSSR count). The highest BCUT2D eigenvalue weighted by Gasteiger charge is 2.14. The standard InChI is InChI=1S/C14H22N4O2/c1-9(2)7-12(15)13(19)17-8-10-3-5-11(6-4-10)18-14(16)20/h3-6,9,12H,7-8,15H2,1-2H3,(H,17,19)(H3,16,18,20)/t12-/m0/s1. The summed E-state index contributed by atoms with van der Waals surface area (Å²) in [6, 6.07) is 5.97. The molecule has 6 nitrogen and oxygen atoms in total. The van der Waals surface area contributed by atoms with Crippen LogP contribution < -0.4 is 22.1 Å². The van der Waals surface area contributed by atoms with Crippen molar-refractivity contribution in [2.45, 2.75) is 32.9 Å². The number of rotatable bonds is 6. The number of primary amides is 1. The molecule has 0 saturated carbocycles. The van der Waals surface area contributed by atoms with Crippen molar-refractivity contribution >= 4 is 17.6 Å². The molecule has 0 saturated heterocycles. The average Bonchev–Trinajstić information content (AvgIpc) is 2.36. The van der Waals surface area contributed by atoms with Crippen molar-refractivity contribution in [3.63, 3.8) is 0 Å². The van der Waals surface area contributed by atoms with Crippen molar-refractivity contribution in [1.29, 1.82) is 0 Å². The van der Waals surface area contributed by atoms with Gasteiger partial charge >= 0.3 is 6.03 Å². The minimum Gasteiger partial charge on any atom is -0.351 e. The van der Waals surface area contributed by atoms with E-state index in [1.807, 2.05) is 13.8 Å². The van der Waals surface area contributed by atoms with E-state index in [1.54, 1.807) is 24.3 Å². The molecule has 0 heterocycles. The molecule has 0 aliphatic carbocycles. The summed E-state index contributed by atoms with van der Waals surface area (Å²) in [4.78, 5) is 22.4. The lowest BCUT2D eigenvalue weighted by atomic mass is 10.0. The lowest BCUT2D eigenvalue weighted by Crippen LogP contribution is -2.41. The fourth-order valence-electron chi connectivity index (χ4n) is 1.78. The number of hydrogen-bond donors (Lipinski definition) is 4. The molecule has 3 amide bonds. The predicted octanol–water partition coefficient (Wildman–Crippen LogP) is 1.17. The van der Waals surface area contributed by atoms with Crippen LogP contribution in [0.2, 0.25) is 0 Å². The summed E-state index contributed by atoms with van der Waals surface area (Å²) in [5.41, 5.74) is 12.3. The molecular weight excluding hydrogens is 256 g/mol. The first-order valence-electron chi connectivity index (χ1n) is 6.57. The highest BCUT2D eigenvalue weighted by atomic mass is 16.2. The zero-order chi connectivity index (χ0) is 15.1. The van der Waals surface area contributed by atoms with Gasteiger partial charge in [0.25, 0.3) is 0 Å². The molecule has 0 bridgehead atoms. The van der Waals surface area contributed by atoms with E-state index in [9.17, 15) is 9.59 Å². The lowest BCUT2D eigenvalue weighted by molar-refractivity contribution is -0.122. The van der Waals surface area contributed by atoms with Crippen LogP contribution in [0.4, 0.5) is 10.5 Å². The first-order chi connectivity index (χ1) is 9.38. The van der Waals surface area contributed by atoms with Gasteiger partial charge in [-0.15, -0.1) is 0 Å². The second kappa shape index (κ2) is 7.49. The normalized spacial score (nSPS) is 12.0. The number of carbonyl (C=O) groups is 2. The molecule has 6 heteroatoms. The van der Waals surface area contributed by atoms with E-state index in [4.69, 9.17) is 11.5 Å². The van der Waals surface area contributed by atoms with E-state index in [0.29, 0.717) is 24.6 Å². The summed E-state index contributed by atoms with van der Waals surface area (Å²) in [7, 11) is 0. The minimum absolute atomic E-state index is 0.155. The van der Waals surface area contributed by atoms with Crippen LogP contribution in [-0.4, -0.2) is 18.0 Å². The third kappa shape index (κ3) is 5.71. The Morgan fingerprint density at radius 1 is 1.20 bits per heavy atom. The molecule has 0 aliphatic rings. The van der Waals surface area contributed by atoms with Crippen LogP contribution in [0, 0.1) is 5.92 Å². The van der Waals surface area contributed by atoms with E-state index in [0.717, 1.165) is 5.56 Å². The first kappa shape index (κ1) is 16.0. The zero-order valence-electron chi connectivity index (χ0n) is 11.8. The maximum absolute atomic E-state index is 11.8. The molecule has 0 aliphatic heterocycles. The molecule has 6 N–H and O–H groups in total. The van der Waals surface area contributed by atoms with Crippen LogP contribution in [-0.2, 0) is 11.3 Å². The van der Waals surface area contributed by atoms with Crippen molar-refractivity contribution in [2.24, 2.45) is 17.4 Å². The van der Waals surface area contributed by atoms with Crippen molar-refractivity contribution in [3.8, 4) is 0 Å². The van der Waals surface area contributed by atoms with Gasteiger partial charge in [-0.25, -0.2) is 4.79 Å². The Bertz CT molecular complexity index is 457. The molecule has 1 atom stereocenters. The summed E-state index contributed by atoms with van der Waals surface area (Å²) >= 11 is 0. The molecule has 1 aromatic rings. The Labute approximate surface area is 118 Å². The Morgan fingerprint density at radius 2 is 1.80 bits per heavy atom. The SMILES string of the molecule is CC(C)C[C@H](N)C(=O)NCc1ccc(NC(N)=O)cc1. The van der Waals surface area contributed by atoms with Gasteiger partial charge in [-0.2, -0.15) is 0 Å². The fourth-order valence-corrected chi connectivity index (χ4v) is 1.78. The third-order valence-corrected chi connectivity index (χ3v) is 2.75. The number of benzene rings is 1. The van der Waals surface area contributed by atoms with Crippen LogP contribution in [0.3, 0.4) is 0 Å². The van der Waals surface area contributed by atoms with Gasteiger partial charge in [-0.3, -0.25) is 4.79 Å². The van der Waals surface area contributed by atoms with Gasteiger partial charge in [0.2, 0.25) is 5.91 Å². The van der Waals surface area contributed by atoms with E-state index < -0.39 is 12.1 Å². The topological polar surface area (TPSA) is 110 Å². The van der Waals surface area contributed by atoms with E-state index in [2.05, 4.69) is 10.6 Å². The van der Waals surface area contributed by atoms with E-state index in [1.165, 1.54) is 0 Å². The number of hydrogen-bond acceptors (Lipinski definition) is 3. The van der Waals surface area contributed by atoms with E-state index in [-0.39, 0.29) is 5.91 Å². The predicted molar refractivity (Wildman–Crippen MR) is 78.9 cm³/mol. The Morgan fingerprint density at radius 3 is 2.30 bits per heavy atom. The van der Waals surface area contributed by atoms with Crippen LogP contribution in [0.15, 0.2) is 24.3 Å². The number of carbonyl (C=O) groups excluding carboxylic acids is 2. The molecule has 0 fully saturated rings. The Balaban J connectivity index is 2.45. The van der Waals surface area contributed by atoms with E-state index >= 15 is 0 Å². The highest BCUT2D eigenvalue weighted by Crippen LogP contribution is 2.09. The van der Waals surface area contributed by atoms with Gasteiger partial charge in [-0.1, -0.05) is 26.0 Å². The van der Waals surface area contributed by atoms with Gasteiger partial charge < -0.3 is 22.1 Å². The van der Waals surface area contributed by atoms with Gasteiger partial charge in [0, 0.05) is 12.2 Å². The van der Waals surface area contributed by atoms with Gasteiger partial charge in [0.1, 0.15) is 0 Å². The van der Waals surface area contributed by atoms with Gasteiger partial charge in [-0.05, 0) is 30.0 Å². The largest absolute Gasteiger partial charge is 0.351 e. The summed E-state index contributed by atoms with van der Waals surface area (Å²) in [5.74, 6) is 0.230. The molecule has 0 radical (unpaired) electrons. The molecule has 0 spiro atoms. The van der Waals surface area contributed by atoms with Crippen molar-refractivity contribution in [3.05, 3.63) is 29.8 Å². The molecule has 0 unspecified atom stereocenters. The third-order valence-electron chi connectivity index (χ3n) is 2.75. The zero-order valence-corrected chi connectivity index (χ0v) is 11.8. The summed E-state index contributed by atoms with van der Waals surface area (Å²) in [6.45, 7) is 4.46. The quantitative estimate of drug-likeness (QED) is 0.626. The average molecular weight is 278 g/mol. The first-order valence-corrected chi connectivity index (χ1v) is 6.57. The number of amides is 3.